The van der Waals surface area contributed by atoms with E-state index in [1.54, 1.807) is 0 Å². The second-order valence-corrected chi connectivity index (χ2v) is 2.40. The second-order valence-electron chi connectivity index (χ2n) is 2.40. The Hall–Kier alpha value is 0.250. The average Bonchev–Trinajstić information content (AvgIpc) is 2.43. The Balaban J connectivity index is 0.000000490. The molecule has 1 aliphatic rings. The number of nitrogens with two attached hydrogens (primary N) is 1. The van der Waals surface area contributed by atoms with Gasteiger partial charge < -0.3 is 5.73 Å². The quantitative estimate of drug-likeness (QED) is 0.609. The molecule has 0 aromatic carbocycles. The van der Waals surface area contributed by atoms with Crippen LogP contribution < -0.4 is 5.73 Å². The van der Waals surface area contributed by atoms with Crippen molar-refractivity contribution < 1.29 is 0 Å². The molecule has 0 amide bonds. The molecular weight excluding hydrogens is 122 g/mol. The van der Waals surface area contributed by atoms with Crippen molar-refractivity contribution in [3.63, 3.8) is 0 Å². The maximum atomic E-state index is 5.40. The van der Waals surface area contributed by atoms with Gasteiger partial charge in [-0.05, 0) is 24.8 Å². The minimum atomic E-state index is 0. The summed E-state index contributed by atoms with van der Waals surface area (Å²) in [6, 6.07) is 0. The Bertz CT molecular complexity index is 57.5. The molecule has 0 radical (unpaired) electrons. The first-order valence-electron chi connectivity index (χ1n) is 3.08. The molecule has 1 rings (SSSR count). The zero-order chi connectivity index (χ0) is 5.28. The Labute approximate surface area is 57.1 Å². The third kappa shape index (κ3) is 1.64. The fraction of sp³-hybridized carbons (Fsp3) is 1.00. The van der Waals surface area contributed by atoms with E-state index in [4.69, 9.17) is 5.73 Å². The zero-order valence-electron chi connectivity index (χ0n) is 5.26. The molecule has 1 aliphatic carbocycles. The van der Waals surface area contributed by atoms with E-state index in [0.29, 0.717) is 0 Å². The van der Waals surface area contributed by atoms with Gasteiger partial charge in [0.25, 0.3) is 0 Å². The lowest BCUT2D eigenvalue weighted by molar-refractivity contribution is 0.687. The summed E-state index contributed by atoms with van der Waals surface area (Å²) in [4.78, 5) is 0. The van der Waals surface area contributed by atoms with Crippen LogP contribution in [0.2, 0.25) is 0 Å². The number of rotatable bonds is 2. The predicted molar refractivity (Wildman–Crippen MR) is 38.2 cm³/mol. The largest absolute Gasteiger partial charge is 0.330 e. The van der Waals surface area contributed by atoms with E-state index in [0.717, 1.165) is 18.4 Å². The van der Waals surface area contributed by atoms with Crippen LogP contribution in [-0.2, 0) is 0 Å². The molecule has 0 heterocycles. The fourth-order valence-corrected chi connectivity index (χ4v) is 1.10. The SMILES string of the molecule is CC[C@@H]1C[C@H]1CN.Cl. The van der Waals surface area contributed by atoms with Gasteiger partial charge >= 0.3 is 0 Å². The summed E-state index contributed by atoms with van der Waals surface area (Å²) < 4.78 is 0. The standard InChI is InChI=1S/C6H13N.ClH/c1-2-5-3-6(5)4-7;/h5-6H,2-4,7H2,1H3;1H/t5-,6+;/m1./s1. The number of hydrogen-bond donors (Lipinski definition) is 1. The normalized spacial score (nSPS) is 33.8. The van der Waals surface area contributed by atoms with Gasteiger partial charge in [0.2, 0.25) is 0 Å². The molecule has 2 atom stereocenters. The zero-order valence-corrected chi connectivity index (χ0v) is 6.08. The summed E-state index contributed by atoms with van der Waals surface area (Å²) in [7, 11) is 0. The predicted octanol–water partition coefficient (Wildman–Crippen LogP) is 1.41. The van der Waals surface area contributed by atoms with E-state index in [1.165, 1.54) is 12.8 Å². The molecule has 0 unspecified atom stereocenters. The van der Waals surface area contributed by atoms with E-state index in [2.05, 4.69) is 6.92 Å². The highest BCUT2D eigenvalue weighted by atomic mass is 35.5. The van der Waals surface area contributed by atoms with Gasteiger partial charge in [0.05, 0.1) is 0 Å². The van der Waals surface area contributed by atoms with Crippen molar-refractivity contribution in [3.05, 3.63) is 0 Å². The van der Waals surface area contributed by atoms with Crippen LogP contribution in [0.1, 0.15) is 19.8 Å². The van der Waals surface area contributed by atoms with Crippen LogP contribution in [0.25, 0.3) is 0 Å². The lowest BCUT2D eigenvalue weighted by atomic mass is 10.3. The lowest BCUT2D eigenvalue weighted by Gasteiger charge is -1.85. The van der Waals surface area contributed by atoms with Crippen LogP contribution >= 0.6 is 12.4 Å². The van der Waals surface area contributed by atoms with Gasteiger partial charge in [0.15, 0.2) is 0 Å². The molecule has 8 heavy (non-hydrogen) atoms. The van der Waals surface area contributed by atoms with Crippen molar-refractivity contribution >= 4 is 12.4 Å². The third-order valence-electron chi connectivity index (χ3n) is 1.90. The third-order valence-corrected chi connectivity index (χ3v) is 1.90. The molecule has 1 fully saturated rings. The smallest absolute Gasteiger partial charge is 0.00461 e. The van der Waals surface area contributed by atoms with Crippen molar-refractivity contribution in [1.29, 1.82) is 0 Å². The highest BCUT2D eigenvalue weighted by Gasteiger charge is 2.33. The van der Waals surface area contributed by atoms with E-state index in [-0.39, 0.29) is 12.4 Å². The van der Waals surface area contributed by atoms with Crippen LogP contribution in [-0.4, -0.2) is 6.54 Å². The van der Waals surface area contributed by atoms with Crippen LogP contribution in [0.3, 0.4) is 0 Å². The minimum absolute atomic E-state index is 0. The monoisotopic (exact) mass is 135 g/mol. The highest BCUT2D eigenvalue weighted by Crippen LogP contribution is 2.39. The molecule has 50 valence electrons. The topological polar surface area (TPSA) is 26.0 Å². The molecule has 2 N–H and O–H groups in total. The molecule has 0 bridgehead atoms. The van der Waals surface area contributed by atoms with Gasteiger partial charge in [0.1, 0.15) is 0 Å². The van der Waals surface area contributed by atoms with Gasteiger partial charge in [-0.2, -0.15) is 0 Å². The highest BCUT2D eigenvalue weighted by molar-refractivity contribution is 5.85. The Morgan fingerprint density at radius 2 is 2.12 bits per heavy atom. The first-order valence-corrected chi connectivity index (χ1v) is 3.08. The Kier molecular flexibility index (Phi) is 3.41. The molecule has 0 spiro atoms. The summed E-state index contributed by atoms with van der Waals surface area (Å²) >= 11 is 0. The molecular formula is C6H14ClN. The number of halogens is 1. The van der Waals surface area contributed by atoms with Crippen molar-refractivity contribution in [2.75, 3.05) is 6.54 Å². The summed E-state index contributed by atoms with van der Waals surface area (Å²) in [5, 5.41) is 0. The Morgan fingerprint density at radius 1 is 1.50 bits per heavy atom. The van der Waals surface area contributed by atoms with Gasteiger partial charge in [-0.15, -0.1) is 12.4 Å². The fourth-order valence-electron chi connectivity index (χ4n) is 1.10. The van der Waals surface area contributed by atoms with Gasteiger partial charge in [-0.25, -0.2) is 0 Å². The van der Waals surface area contributed by atoms with E-state index < -0.39 is 0 Å². The van der Waals surface area contributed by atoms with Crippen molar-refractivity contribution in [1.82, 2.24) is 0 Å². The summed E-state index contributed by atoms with van der Waals surface area (Å²) in [5.41, 5.74) is 5.40. The van der Waals surface area contributed by atoms with Crippen LogP contribution in [0.5, 0.6) is 0 Å². The van der Waals surface area contributed by atoms with E-state index >= 15 is 0 Å². The molecule has 0 saturated heterocycles. The summed E-state index contributed by atoms with van der Waals surface area (Å²) in [5.74, 6) is 1.88. The van der Waals surface area contributed by atoms with Gasteiger partial charge in [-0.1, -0.05) is 13.3 Å². The molecule has 1 saturated carbocycles. The van der Waals surface area contributed by atoms with E-state index in [1.807, 2.05) is 0 Å². The summed E-state index contributed by atoms with van der Waals surface area (Å²) in [6.07, 6.45) is 2.73. The molecule has 0 aromatic rings. The lowest BCUT2D eigenvalue weighted by Crippen LogP contribution is -2.01. The second kappa shape index (κ2) is 3.31. The molecule has 2 heteroatoms. The van der Waals surface area contributed by atoms with Crippen molar-refractivity contribution in [2.24, 2.45) is 17.6 Å². The van der Waals surface area contributed by atoms with Crippen molar-refractivity contribution in [3.8, 4) is 0 Å². The Morgan fingerprint density at radius 3 is 2.25 bits per heavy atom. The maximum absolute atomic E-state index is 5.40. The van der Waals surface area contributed by atoms with Crippen LogP contribution in [0.4, 0.5) is 0 Å². The van der Waals surface area contributed by atoms with Crippen LogP contribution in [0.15, 0.2) is 0 Å². The van der Waals surface area contributed by atoms with Crippen LogP contribution in [0, 0.1) is 11.8 Å². The molecule has 0 aliphatic heterocycles. The summed E-state index contributed by atoms with van der Waals surface area (Å²) in [6.45, 7) is 3.15. The first-order chi connectivity index (χ1) is 3.38. The van der Waals surface area contributed by atoms with E-state index in [9.17, 15) is 0 Å². The minimum Gasteiger partial charge on any atom is -0.330 e. The van der Waals surface area contributed by atoms with Crippen molar-refractivity contribution in [2.45, 2.75) is 19.8 Å². The van der Waals surface area contributed by atoms with Gasteiger partial charge in [-0.3, -0.25) is 0 Å². The average molecular weight is 136 g/mol. The molecule has 1 nitrogen and oxygen atoms in total. The first kappa shape index (κ1) is 8.25. The number of hydrogen-bond acceptors (Lipinski definition) is 1. The van der Waals surface area contributed by atoms with Gasteiger partial charge in [0, 0.05) is 0 Å². The maximum Gasteiger partial charge on any atom is -0.00461 e. The molecule has 0 aromatic heterocycles.